The molecule has 0 saturated heterocycles. The lowest BCUT2D eigenvalue weighted by molar-refractivity contribution is 0.586. The van der Waals surface area contributed by atoms with Gasteiger partial charge in [-0.1, -0.05) is 177 Å². The summed E-state index contributed by atoms with van der Waals surface area (Å²) in [6, 6.07) is 62.3. The van der Waals surface area contributed by atoms with Crippen molar-refractivity contribution < 1.29 is 4.42 Å². The van der Waals surface area contributed by atoms with Crippen molar-refractivity contribution in [1.82, 2.24) is 0 Å². The molecule has 0 atom stereocenters. The van der Waals surface area contributed by atoms with Crippen LogP contribution >= 0.6 is 0 Å². The first kappa shape index (κ1) is 37.1. The van der Waals surface area contributed by atoms with Crippen molar-refractivity contribution in [3.05, 3.63) is 208 Å². The third-order valence-corrected chi connectivity index (χ3v) is 14.6. The van der Waals surface area contributed by atoms with Crippen LogP contribution in [0.2, 0.25) is 0 Å². The first-order valence-electron chi connectivity index (χ1n) is 22.3. The van der Waals surface area contributed by atoms with Crippen molar-refractivity contribution in [1.29, 1.82) is 0 Å². The Labute approximate surface area is 365 Å². The van der Waals surface area contributed by atoms with Crippen LogP contribution < -0.4 is 4.90 Å². The van der Waals surface area contributed by atoms with Crippen LogP contribution in [0.1, 0.15) is 99.9 Å². The fraction of sp³-hybridized carbons (Fsp3) is 0.200. The SMILES string of the molecule is CC(C)(C)c1ccc2c(c1)C1(c3cc(C(C)(C)C)ccc3-2)c2ccccc2-c2c(N(c3ccc4c(c3)C(C)(C)c3ccccc3-4)c3ccc4oc5ccccc5c4c3)cccc21. The molecule has 0 bridgehead atoms. The number of furan rings is 1. The summed E-state index contributed by atoms with van der Waals surface area (Å²) >= 11 is 0. The molecule has 1 heterocycles. The second-order valence-corrected chi connectivity index (χ2v) is 20.5. The van der Waals surface area contributed by atoms with Gasteiger partial charge in [-0.05, 0) is 126 Å². The van der Waals surface area contributed by atoms with E-state index >= 15 is 0 Å². The molecule has 12 rings (SSSR count). The highest BCUT2D eigenvalue weighted by Gasteiger charge is 2.53. The standard InChI is InChI=1S/C60H51NO/c1-57(2,3)36-24-28-42-43-29-25-37(58(4,5)6)33-52(43)60(51(42)32-36)48-20-13-10-18-45(48)56-49(60)21-15-22-53(56)61(38-27-31-55-46(34-38)44-17-11-14-23-54(44)62-55)39-26-30-41-40-16-9-12-19-47(40)59(7,8)50(41)35-39/h9-35H,1-8H3. The molecule has 1 aromatic heterocycles. The molecule has 2 heteroatoms. The molecule has 8 aromatic carbocycles. The van der Waals surface area contributed by atoms with Gasteiger partial charge < -0.3 is 9.32 Å². The van der Waals surface area contributed by atoms with Crippen molar-refractivity contribution in [2.75, 3.05) is 4.90 Å². The second kappa shape index (κ2) is 12.5. The van der Waals surface area contributed by atoms with Gasteiger partial charge in [-0.25, -0.2) is 0 Å². The van der Waals surface area contributed by atoms with Crippen LogP contribution in [0.3, 0.4) is 0 Å². The van der Waals surface area contributed by atoms with E-state index in [1.807, 2.05) is 0 Å². The molecule has 2 nitrogen and oxygen atoms in total. The summed E-state index contributed by atoms with van der Waals surface area (Å²) in [4.78, 5) is 2.53. The van der Waals surface area contributed by atoms with E-state index in [0.717, 1.165) is 33.3 Å². The number of rotatable bonds is 3. The summed E-state index contributed by atoms with van der Waals surface area (Å²) in [5.74, 6) is 0. The zero-order valence-electron chi connectivity index (χ0n) is 36.9. The van der Waals surface area contributed by atoms with Gasteiger partial charge in [0.1, 0.15) is 11.2 Å². The van der Waals surface area contributed by atoms with E-state index in [0.29, 0.717) is 0 Å². The van der Waals surface area contributed by atoms with Crippen LogP contribution in [0, 0.1) is 0 Å². The third kappa shape index (κ3) is 4.92. The smallest absolute Gasteiger partial charge is 0.135 e. The third-order valence-electron chi connectivity index (χ3n) is 14.6. The van der Waals surface area contributed by atoms with Gasteiger partial charge in [0.15, 0.2) is 0 Å². The van der Waals surface area contributed by atoms with Gasteiger partial charge in [0.05, 0.1) is 11.1 Å². The minimum atomic E-state index is -0.507. The summed E-state index contributed by atoms with van der Waals surface area (Å²) in [5.41, 5.74) is 23.3. The summed E-state index contributed by atoms with van der Waals surface area (Å²) in [5, 5.41) is 2.24. The largest absolute Gasteiger partial charge is 0.456 e. The van der Waals surface area contributed by atoms with Crippen molar-refractivity contribution in [2.24, 2.45) is 0 Å². The fourth-order valence-electron chi connectivity index (χ4n) is 11.4. The Morgan fingerprint density at radius 3 is 1.65 bits per heavy atom. The number of hydrogen-bond donors (Lipinski definition) is 0. The molecule has 0 fully saturated rings. The van der Waals surface area contributed by atoms with Gasteiger partial charge in [0.25, 0.3) is 0 Å². The summed E-state index contributed by atoms with van der Waals surface area (Å²) < 4.78 is 6.42. The first-order chi connectivity index (χ1) is 29.8. The van der Waals surface area contributed by atoms with E-state index in [1.165, 1.54) is 83.6 Å². The lowest BCUT2D eigenvalue weighted by atomic mass is 9.69. The Kier molecular flexibility index (Phi) is 7.48. The number of fused-ring (bicyclic) bond motifs is 16. The van der Waals surface area contributed by atoms with Gasteiger partial charge in [0.2, 0.25) is 0 Å². The lowest BCUT2D eigenvalue weighted by Gasteiger charge is -2.33. The summed E-state index contributed by atoms with van der Waals surface area (Å²) in [7, 11) is 0. The molecular weight excluding hydrogens is 751 g/mol. The first-order valence-corrected chi connectivity index (χ1v) is 22.3. The number of nitrogens with zero attached hydrogens (tertiary/aromatic N) is 1. The highest BCUT2D eigenvalue weighted by molar-refractivity contribution is 6.08. The maximum Gasteiger partial charge on any atom is 0.135 e. The molecule has 0 N–H and O–H groups in total. The molecule has 0 unspecified atom stereocenters. The maximum absolute atomic E-state index is 6.42. The lowest BCUT2D eigenvalue weighted by Crippen LogP contribution is -2.27. The Bertz CT molecular complexity index is 3300. The number of para-hydroxylation sites is 1. The van der Waals surface area contributed by atoms with Crippen molar-refractivity contribution >= 4 is 39.0 Å². The zero-order valence-corrected chi connectivity index (χ0v) is 36.9. The monoisotopic (exact) mass is 801 g/mol. The van der Waals surface area contributed by atoms with Gasteiger partial charge >= 0.3 is 0 Å². The Balaban J connectivity index is 1.18. The molecule has 0 amide bonds. The number of benzene rings is 8. The molecule has 3 aliphatic rings. The Morgan fingerprint density at radius 1 is 0.403 bits per heavy atom. The van der Waals surface area contributed by atoms with E-state index < -0.39 is 5.41 Å². The van der Waals surface area contributed by atoms with Gasteiger partial charge in [-0.2, -0.15) is 0 Å². The molecule has 0 saturated carbocycles. The van der Waals surface area contributed by atoms with E-state index in [4.69, 9.17) is 4.42 Å². The Hall–Kier alpha value is -6.64. The van der Waals surface area contributed by atoms with E-state index in [-0.39, 0.29) is 16.2 Å². The summed E-state index contributed by atoms with van der Waals surface area (Å²) in [6.45, 7) is 18.8. The maximum atomic E-state index is 6.42. The normalized spacial score (nSPS) is 15.0. The van der Waals surface area contributed by atoms with Gasteiger partial charge in [0, 0.05) is 33.1 Å². The average Bonchev–Trinajstić information content (AvgIpc) is 3.95. The Morgan fingerprint density at radius 2 is 0.935 bits per heavy atom. The average molecular weight is 802 g/mol. The van der Waals surface area contributed by atoms with Crippen LogP contribution in [0.5, 0.6) is 0 Å². The van der Waals surface area contributed by atoms with E-state index in [9.17, 15) is 0 Å². The topological polar surface area (TPSA) is 16.4 Å². The highest BCUT2D eigenvalue weighted by atomic mass is 16.3. The quantitative estimate of drug-likeness (QED) is 0.177. The zero-order chi connectivity index (χ0) is 42.5. The highest BCUT2D eigenvalue weighted by Crippen LogP contribution is 2.65. The molecule has 3 aliphatic carbocycles. The number of hydrogen-bond acceptors (Lipinski definition) is 2. The van der Waals surface area contributed by atoms with Crippen LogP contribution in [0.15, 0.2) is 168 Å². The van der Waals surface area contributed by atoms with E-state index in [1.54, 1.807) is 0 Å². The van der Waals surface area contributed by atoms with Crippen LogP contribution in [0.4, 0.5) is 17.1 Å². The second-order valence-electron chi connectivity index (χ2n) is 20.5. The summed E-state index contributed by atoms with van der Waals surface area (Å²) in [6.07, 6.45) is 0. The fourth-order valence-corrected chi connectivity index (χ4v) is 11.4. The molecule has 0 aliphatic heterocycles. The predicted molar refractivity (Wildman–Crippen MR) is 260 cm³/mol. The minimum absolute atomic E-state index is 0.0158. The van der Waals surface area contributed by atoms with E-state index in [2.05, 4.69) is 224 Å². The van der Waals surface area contributed by atoms with Crippen molar-refractivity contribution in [2.45, 2.75) is 77.0 Å². The predicted octanol–water partition coefficient (Wildman–Crippen LogP) is 16.3. The van der Waals surface area contributed by atoms with Crippen LogP contribution in [0.25, 0.3) is 55.3 Å². The molecule has 302 valence electrons. The van der Waals surface area contributed by atoms with Crippen molar-refractivity contribution in [3.63, 3.8) is 0 Å². The molecule has 9 aromatic rings. The molecular formula is C60H51NO. The van der Waals surface area contributed by atoms with Crippen LogP contribution in [-0.4, -0.2) is 0 Å². The molecule has 62 heavy (non-hydrogen) atoms. The number of anilines is 3. The minimum Gasteiger partial charge on any atom is -0.456 e. The van der Waals surface area contributed by atoms with Crippen LogP contribution in [-0.2, 0) is 21.7 Å². The van der Waals surface area contributed by atoms with Gasteiger partial charge in [-0.3, -0.25) is 0 Å². The van der Waals surface area contributed by atoms with Crippen molar-refractivity contribution in [3.8, 4) is 33.4 Å². The molecule has 0 radical (unpaired) electrons. The van der Waals surface area contributed by atoms with Gasteiger partial charge in [-0.15, -0.1) is 0 Å². The molecule has 1 spiro atoms.